The maximum absolute atomic E-state index is 8.60. The number of hydrogen-bond donors (Lipinski definition) is 2. The lowest BCUT2D eigenvalue weighted by atomic mass is 10.5. The summed E-state index contributed by atoms with van der Waals surface area (Å²) in [6.07, 6.45) is 0.875. The van der Waals surface area contributed by atoms with Crippen molar-refractivity contribution in [3.05, 3.63) is 0 Å². The Morgan fingerprint density at radius 3 is 1.44 bits per heavy atom. The molecule has 0 aliphatic rings. The largest absolute Gasteiger partial charge is 0.396 e. The van der Waals surface area contributed by atoms with Crippen LogP contribution in [-0.2, 0) is 0 Å². The minimum absolute atomic E-state index is 0.319. The van der Waals surface area contributed by atoms with Crippen molar-refractivity contribution < 1.29 is 34.0 Å². The summed E-state index contributed by atoms with van der Waals surface area (Å²) in [7, 11) is -4.69. The zero-order valence-electron chi connectivity index (χ0n) is 4.91. The van der Waals surface area contributed by atoms with Crippen molar-refractivity contribution in [1.29, 1.82) is 0 Å². The summed E-state index contributed by atoms with van der Waals surface area (Å²) < 4.78 is 32.7. The van der Waals surface area contributed by atoms with Crippen molar-refractivity contribution >= 4 is 0 Å². The molecule has 6 heteroatoms. The van der Waals surface area contributed by atoms with Gasteiger partial charge in [-0.3, -0.25) is 0 Å². The Labute approximate surface area is 54.9 Å². The number of aliphatic hydroxyl groups excluding tert-OH is 1. The average molecular weight is 161 g/mol. The van der Waals surface area contributed by atoms with Gasteiger partial charge in [0.05, 0.1) is 14.9 Å². The highest BCUT2D eigenvalue weighted by Crippen LogP contribution is 1.61. The van der Waals surface area contributed by atoms with E-state index in [0.29, 0.717) is 6.61 Å². The van der Waals surface area contributed by atoms with Crippen molar-refractivity contribution in [3.63, 3.8) is 0 Å². The quantitative estimate of drug-likeness (QED) is 0.410. The lowest BCUT2D eigenvalue weighted by Crippen LogP contribution is -2.58. The fraction of sp³-hybridized carbons (Fsp3) is 1.00. The van der Waals surface area contributed by atoms with Crippen LogP contribution in [0.25, 0.3) is 0 Å². The van der Waals surface area contributed by atoms with Crippen molar-refractivity contribution in [2.75, 3.05) is 6.61 Å². The summed E-state index contributed by atoms with van der Waals surface area (Å²) >= 11 is 0. The zero-order valence-corrected chi connectivity index (χ0v) is 5.67. The molecule has 0 aromatic heterocycles. The first-order chi connectivity index (χ1) is 3.91. The normalized spacial score (nSPS) is 10.0. The molecule has 0 saturated heterocycles. The van der Waals surface area contributed by atoms with Gasteiger partial charge in [-0.1, -0.05) is 6.92 Å². The Morgan fingerprint density at radius 1 is 1.33 bits per heavy atom. The van der Waals surface area contributed by atoms with Gasteiger partial charge >= 0.3 is 0 Å². The molecule has 0 fully saturated rings. The number of halogens is 1. The van der Waals surface area contributed by atoms with Gasteiger partial charge in [-0.15, -0.1) is 0 Å². The summed E-state index contributed by atoms with van der Waals surface area (Å²) in [5, 5.41) is 7.88. The molecule has 0 radical (unpaired) electrons. The van der Waals surface area contributed by atoms with Gasteiger partial charge in [0, 0.05) is 6.61 Å². The second-order valence-electron chi connectivity index (χ2n) is 1.12. The smallest absolute Gasteiger partial charge is 0.0777 e. The van der Waals surface area contributed by atoms with E-state index < -0.39 is 10.2 Å². The highest BCUT2D eigenvalue weighted by molar-refractivity contribution is 4.10. The van der Waals surface area contributed by atoms with Crippen LogP contribution in [0.5, 0.6) is 0 Å². The zero-order chi connectivity index (χ0) is 7.91. The van der Waals surface area contributed by atoms with E-state index in [4.69, 9.17) is 23.7 Å². The van der Waals surface area contributed by atoms with E-state index >= 15 is 0 Å². The molecule has 0 spiro atoms. The minimum Gasteiger partial charge on any atom is -0.396 e. The Kier molecular flexibility index (Phi) is 8.17. The van der Waals surface area contributed by atoms with Crippen molar-refractivity contribution in [1.82, 2.24) is 0 Å². The Balaban J connectivity index is 0. The first kappa shape index (κ1) is 11.8. The summed E-state index contributed by atoms with van der Waals surface area (Å²) in [5.41, 5.74) is 0. The SMILES string of the molecule is CCCO.[O-][Cl+3]([O-])([O-])O. The molecule has 0 aliphatic heterocycles. The van der Waals surface area contributed by atoms with Crippen LogP contribution in [0.4, 0.5) is 0 Å². The standard InChI is InChI=1S/C3H8O.ClHO4/c1-2-3-4;2-1(3,4)5/h4H,2-3H2,1H3;(H,2,3,4,5). The van der Waals surface area contributed by atoms with E-state index in [1.165, 1.54) is 0 Å². The monoisotopic (exact) mass is 160 g/mol. The van der Waals surface area contributed by atoms with E-state index in [2.05, 4.69) is 0 Å². The molecule has 0 aromatic carbocycles. The maximum Gasteiger partial charge on any atom is 0.0777 e. The molecule has 0 unspecified atom stereocenters. The van der Waals surface area contributed by atoms with Crippen molar-refractivity contribution in [2.24, 2.45) is 0 Å². The molecule has 0 heterocycles. The fourth-order valence-corrected chi connectivity index (χ4v) is 0. The predicted octanol–water partition coefficient (Wildman–Crippen LogP) is -3.74. The first-order valence-electron chi connectivity index (χ1n) is 2.16. The highest BCUT2D eigenvalue weighted by Gasteiger charge is 1.98. The molecule has 9 heavy (non-hydrogen) atoms. The molecule has 0 saturated carbocycles. The van der Waals surface area contributed by atoms with Crippen LogP contribution >= 0.6 is 0 Å². The third-order valence-electron chi connectivity index (χ3n) is 0.224. The molecule has 0 aliphatic carbocycles. The van der Waals surface area contributed by atoms with Gasteiger partial charge in [0.15, 0.2) is 0 Å². The van der Waals surface area contributed by atoms with Gasteiger partial charge in [-0.25, -0.2) is 0 Å². The summed E-state index contributed by atoms with van der Waals surface area (Å²) in [4.78, 5) is 0. The van der Waals surface area contributed by atoms with E-state index in [-0.39, 0.29) is 0 Å². The number of hydrogen-bond acceptors (Lipinski definition) is 5. The predicted molar refractivity (Wildman–Crippen MR) is 19.6 cm³/mol. The molecule has 0 bridgehead atoms. The van der Waals surface area contributed by atoms with E-state index in [1.54, 1.807) is 0 Å². The Hall–Kier alpha value is 0.0900. The molecule has 0 rings (SSSR count). The maximum atomic E-state index is 8.60. The van der Waals surface area contributed by atoms with E-state index in [1.807, 2.05) is 6.92 Å². The van der Waals surface area contributed by atoms with Gasteiger partial charge in [-0.05, 0) is 6.42 Å². The fourth-order valence-electron chi connectivity index (χ4n) is 0. The molecular formula is C3H9ClO5. The molecule has 2 N–H and O–H groups in total. The average Bonchev–Trinajstić information content (AvgIpc) is 1.61. The highest BCUT2D eigenvalue weighted by atomic mass is 35.7. The van der Waals surface area contributed by atoms with Crippen molar-refractivity contribution in [2.45, 2.75) is 13.3 Å². The molecule has 58 valence electrons. The molecule has 0 amide bonds. The number of aliphatic hydroxyl groups is 1. The van der Waals surface area contributed by atoms with E-state index in [9.17, 15) is 0 Å². The van der Waals surface area contributed by atoms with Gasteiger partial charge in [-0.2, -0.15) is 14.0 Å². The van der Waals surface area contributed by atoms with Gasteiger partial charge in [0.25, 0.3) is 0 Å². The van der Waals surface area contributed by atoms with Crippen LogP contribution in [-0.4, -0.2) is 16.4 Å². The van der Waals surface area contributed by atoms with Crippen LogP contribution in [0.15, 0.2) is 0 Å². The second-order valence-corrected chi connectivity index (χ2v) is 1.91. The second kappa shape index (κ2) is 6.21. The van der Waals surface area contributed by atoms with Crippen LogP contribution in [0, 0.1) is 10.2 Å². The summed E-state index contributed by atoms with van der Waals surface area (Å²) in [5.74, 6) is 0. The lowest BCUT2D eigenvalue weighted by molar-refractivity contribution is -1.92. The molecular weight excluding hydrogens is 151 g/mol. The van der Waals surface area contributed by atoms with Crippen LogP contribution in [0.3, 0.4) is 0 Å². The van der Waals surface area contributed by atoms with Crippen molar-refractivity contribution in [3.8, 4) is 0 Å². The van der Waals surface area contributed by atoms with Crippen LogP contribution < -0.4 is 14.0 Å². The molecule has 0 atom stereocenters. The minimum atomic E-state index is -4.69. The summed E-state index contributed by atoms with van der Waals surface area (Å²) in [6.45, 7) is 2.25. The van der Waals surface area contributed by atoms with Gasteiger partial charge < -0.3 is 5.11 Å². The van der Waals surface area contributed by atoms with Gasteiger partial charge in [0.2, 0.25) is 0 Å². The topological polar surface area (TPSA) is 110 Å². The van der Waals surface area contributed by atoms with Gasteiger partial charge in [0.1, 0.15) is 0 Å². The summed E-state index contributed by atoms with van der Waals surface area (Å²) in [6, 6.07) is 0. The third-order valence-corrected chi connectivity index (χ3v) is 0.224. The van der Waals surface area contributed by atoms with E-state index in [0.717, 1.165) is 6.42 Å². The Morgan fingerprint density at radius 2 is 1.44 bits per heavy atom. The molecule has 5 nitrogen and oxygen atoms in total. The van der Waals surface area contributed by atoms with Crippen LogP contribution in [0.2, 0.25) is 0 Å². The Bertz CT molecular complexity index is 42.7. The lowest BCUT2D eigenvalue weighted by Gasteiger charge is -2.03. The van der Waals surface area contributed by atoms with Crippen LogP contribution in [0.1, 0.15) is 13.3 Å². The third kappa shape index (κ3) is 253. The molecule has 0 aromatic rings. The first-order valence-corrected chi connectivity index (χ1v) is 3.42. The number of rotatable bonds is 1.